The zero-order valence-electron chi connectivity index (χ0n) is 16.9. The van der Waals surface area contributed by atoms with Gasteiger partial charge in [-0.1, -0.05) is 11.6 Å². The second-order valence-corrected chi connectivity index (χ2v) is 8.52. The molecule has 0 radical (unpaired) electrons. The van der Waals surface area contributed by atoms with Crippen LogP contribution in [0.4, 0.5) is 0 Å². The molecule has 0 aliphatic carbocycles. The maximum atomic E-state index is 12.9. The van der Waals surface area contributed by atoms with Crippen LogP contribution in [-0.4, -0.2) is 32.9 Å². The summed E-state index contributed by atoms with van der Waals surface area (Å²) in [6.45, 7) is 5.37. The first-order valence-electron chi connectivity index (χ1n) is 9.40. The van der Waals surface area contributed by atoms with Gasteiger partial charge in [0.15, 0.2) is 17.2 Å². The first-order valence-corrected chi connectivity index (χ1v) is 10.6. The van der Waals surface area contributed by atoms with E-state index in [1.54, 1.807) is 38.1 Å². The van der Waals surface area contributed by atoms with E-state index in [-0.39, 0.29) is 23.2 Å². The van der Waals surface area contributed by atoms with Gasteiger partial charge in [0, 0.05) is 21.5 Å². The van der Waals surface area contributed by atoms with Crippen LogP contribution in [0.3, 0.4) is 0 Å². The first kappa shape index (κ1) is 21.0. The minimum Gasteiger partial charge on any atom is -0.505 e. The number of ether oxygens (including phenoxy) is 1. The minimum absolute atomic E-state index is 0.0511. The van der Waals surface area contributed by atoms with E-state index in [1.807, 2.05) is 6.92 Å². The molecule has 7 nitrogen and oxygen atoms in total. The fourth-order valence-electron chi connectivity index (χ4n) is 3.39. The molecule has 0 atom stereocenters. The lowest BCUT2D eigenvalue weighted by Gasteiger charge is -2.01. The number of esters is 1. The van der Waals surface area contributed by atoms with Crippen molar-refractivity contribution >= 4 is 56.6 Å². The number of fused-ring (bicyclic) bond motifs is 3. The highest BCUT2D eigenvalue weighted by Crippen LogP contribution is 2.30. The van der Waals surface area contributed by atoms with Gasteiger partial charge in [0.25, 0.3) is 5.56 Å². The van der Waals surface area contributed by atoms with Crippen molar-refractivity contribution < 1.29 is 19.4 Å². The molecule has 0 bridgehead atoms. The summed E-state index contributed by atoms with van der Waals surface area (Å²) in [6.07, 6.45) is 1.21. The number of benzene rings is 1. The fourth-order valence-corrected chi connectivity index (χ4v) is 4.68. The lowest BCUT2D eigenvalue weighted by atomic mass is 10.1. The number of nitrogens with zero attached hydrogens (tertiary/aromatic N) is 2. The van der Waals surface area contributed by atoms with E-state index in [1.165, 1.54) is 21.8 Å². The quantitative estimate of drug-likeness (QED) is 0.373. The Morgan fingerprint density at radius 3 is 2.58 bits per heavy atom. The van der Waals surface area contributed by atoms with Crippen LogP contribution in [0.15, 0.2) is 29.1 Å². The summed E-state index contributed by atoms with van der Waals surface area (Å²) < 4.78 is 6.52. The van der Waals surface area contributed by atoms with Crippen LogP contribution in [0, 0.1) is 13.8 Å². The summed E-state index contributed by atoms with van der Waals surface area (Å²) in [5.74, 6) is -1.71. The zero-order valence-corrected chi connectivity index (χ0v) is 18.4. The third-order valence-corrected chi connectivity index (χ3v) is 6.47. The molecule has 0 aliphatic rings. The highest BCUT2D eigenvalue weighted by atomic mass is 35.5. The van der Waals surface area contributed by atoms with E-state index in [9.17, 15) is 19.5 Å². The van der Waals surface area contributed by atoms with Gasteiger partial charge in [-0.3, -0.25) is 14.0 Å². The van der Waals surface area contributed by atoms with Crippen LogP contribution < -0.4 is 10.9 Å². The largest absolute Gasteiger partial charge is 0.505 e. The topological polar surface area (TPSA) is 98.0 Å². The van der Waals surface area contributed by atoms with Gasteiger partial charge in [-0.05, 0) is 50.6 Å². The van der Waals surface area contributed by atoms with Crippen molar-refractivity contribution in [2.75, 3.05) is 6.61 Å². The molecule has 0 spiro atoms. The van der Waals surface area contributed by atoms with Crippen LogP contribution in [-0.2, 0) is 4.74 Å². The van der Waals surface area contributed by atoms with Crippen molar-refractivity contribution in [2.45, 2.75) is 20.8 Å². The summed E-state index contributed by atoms with van der Waals surface area (Å²) in [4.78, 5) is 43.6. The molecule has 0 saturated heterocycles. The molecule has 4 aromatic rings. The Kier molecular flexibility index (Phi) is 5.28. The average Bonchev–Trinajstić information content (AvgIpc) is 3.16. The molecular formula is C22H17ClN2O5S. The lowest BCUT2D eigenvalue weighted by Crippen LogP contribution is -2.17. The molecule has 9 heteroatoms. The number of hydrogen-bond donors (Lipinski definition) is 1. The normalized spacial score (nSPS) is 12.1. The molecular weight excluding hydrogens is 440 g/mol. The molecule has 3 heterocycles. The molecule has 0 aliphatic heterocycles. The van der Waals surface area contributed by atoms with Gasteiger partial charge < -0.3 is 9.84 Å². The molecule has 1 N–H and O–H groups in total. The van der Waals surface area contributed by atoms with Crippen LogP contribution in [0.1, 0.15) is 38.1 Å². The van der Waals surface area contributed by atoms with Crippen LogP contribution >= 0.6 is 22.9 Å². The predicted molar refractivity (Wildman–Crippen MR) is 119 cm³/mol. The Labute approximate surface area is 185 Å². The number of carbonyl (C=O) groups is 2. The molecule has 3 aromatic heterocycles. The van der Waals surface area contributed by atoms with Gasteiger partial charge >= 0.3 is 5.97 Å². The second-order valence-electron chi connectivity index (χ2n) is 6.88. The number of aromatic hydroxyl groups is 1. The predicted octanol–water partition coefficient (Wildman–Crippen LogP) is 3.44. The lowest BCUT2D eigenvalue weighted by molar-refractivity contribution is 0.0525. The van der Waals surface area contributed by atoms with E-state index in [4.69, 9.17) is 16.3 Å². The second kappa shape index (κ2) is 7.79. The monoisotopic (exact) mass is 456 g/mol. The summed E-state index contributed by atoms with van der Waals surface area (Å²) in [5, 5.41) is 11.8. The zero-order chi connectivity index (χ0) is 22.4. The molecule has 1 aromatic carbocycles. The summed E-state index contributed by atoms with van der Waals surface area (Å²) in [5.41, 5.74) is 0.299. The SMILES string of the molecule is CCOC(=O)c1c(O)/c(=C\C(=O)c2ccc(Cl)cc2)n2c1nc(=O)c1c(C)c(C)sc12. The number of rotatable bonds is 4. The Bertz CT molecular complexity index is 1490. The van der Waals surface area contributed by atoms with E-state index >= 15 is 0 Å². The number of thiophene rings is 1. The molecule has 158 valence electrons. The minimum atomic E-state index is -0.827. The Hall–Kier alpha value is -3.23. The van der Waals surface area contributed by atoms with Crippen molar-refractivity contribution in [3.8, 4) is 5.75 Å². The van der Waals surface area contributed by atoms with E-state index in [0.717, 1.165) is 10.4 Å². The molecule has 31 heavy (non-hydrogen) atoms. The maximum Gasteiger partial charge on any atom is 0.345 e. The van der Waals surface area contributed by atoms with Gasteiger partial charge in [0.2, 0.25) is 0 Å². The Morgan fingerprint density at radius 1 is 1.26 bits per heavy atom. The van der Waals surface area contributed by atoms with E-state index in [2.05, 4.69) is 4.98 Å². The first-order chi connectivity index (χ1) is 14.7. The summed E-state index contributed by atoms with van der Waals surface area (Å²) >= 11 is 7.21. The third kappa shape index (κ3) is 3.37. The number of aromatic nitrogens is 2. The van der Waals surface area contributed by atoms with Crippen molar-refractivity contribution in [1.82, 2.24) is 9.38 Å². The van der Waals surface area contributed by atoms with Gasteiger partial charge in [-0.2, -0.15) is 4.98 Å². The number of ketones is 1. The van der Waals surface area contributed by atoms with Crippen molar-refractivity contribution in [2.24, 2.45) is 0 Å². The van der Waals surface area contributed by atoms with E-state index in [0.29, 0.717) is 20.8 Å². The summed E-state index contributed by atoms with van der Waals surface area (Å²) in [7, 11) is 0. The summed E-state index contributed by atoms with van der Waals surface area (Å²) in [6, 6.07) is 6.28. The molecule has 0 unspecified atom stereocenters. The number of aryl methyl sites for hydroxylation is 2. The van der Waals surface area contributed by atoms with Gasteiger partial charge in [-0.15, -0.1) is 11.3 Å². The van der Waals surface area contributed by atoms with Gasteiger partial charge in [-0.25, -0.2) is 4.79 Å². The van der Waals surface area contributed by atoms with Crippen LogP contribution in [0.2, 0.25) is 5.02 Å². The number of halogens is 1. The van der Waals surface area contributed by atoms with Crippen molar-refractivity contribution in [1.29, 1.82) is 0 Å². The molecule has 0 amide bonds. The van der Waals surface area contributed by atoms with Crippen LogP contribution in [0.25, 0.3) is 21.9 Å². The molecule has 4 rings (SSSR count). The third-order valence-electron chi connectivity index (χ3n) is 5.02. The van der Waals surface area contributed by atoms with E-state index < -0.39 is 23.1 Å². The average molecular weight is 457 g/mol. The smallest absolute Gasteiger partial charge is 0.345 e. The fraction of sp³-hybridized carbons (Fsp3) is 0.182. The highest BCUT2D eigenvalue weighted by molar-refractivity contribution is 7.18. The van der Waals surface area contributed by atoms with Crippen molar-refractivity contribution in [3.63, 3.8) is 0 Å². The number of carbonyl (C=O) groups excluding carboxylic acids is 2. The molecule has 0 saturated carbocycles. The maximum absolute atomic E-state index is 12.9. The highest BCUT2D eigenvalue weighted by Gasteiger charge is 2.26. The standard InChI is InChI=1S/C22H17ClN2O5S/c1-4-30-22(29)17-18(27)14(9-15(26)12-5-7-13(23)8-6-12)25-19(17)24-20(28)16-10(2)11(3)31-21(16)25/h5-9,27H,4H2,1-3H3/b14-9+. The van der Waals surface area contributed by atoms with Gasteiger partial charge in [0.05, 0.1) is 17.3 Å². The van der Waals surface area contributed by atoms with Crippen molar-refractivity contribution in [3.05, 3.63) is 66.6 Å². The Morgan fingerprint density at radius 2 is 1.94 bits per heavy atom. The number of Topliss-reactive ketones (excluding diaryl/α,β-unsaturated/α-hetero) is 1. The van der Waals surface area contributed by atoms with Crippen LogP contribution in [0.5, 0.6) is 5.75 Å². The number of hydrogen-bond acceptors (Lipinski definition) is 7. The van der Waals surface area contributed by atoms with Gasteiger partial charge in [0.1, 0.15) is 10.4 Å². The molecule has 0 fully saturated rings. The Balaban J connectivity index is 2.13.